The number of rotatable bonds is 9. The maximum atomic E-state index is 12.2. The van der Waals surface area contributed by atoms with E-state index < -0.39 is 10.0 Å². The predicted molar refractivity (Wildman–Crippen MR) is 102 cm³/mol. The highest BCUT2D eigenvalue weighted by atomic mass is 79.9. The van der Waals surface area contributed by atoms with Crippen LogP contribution < -0.4 is 10.0 Å². The maximum Gasteiger partial charge on any atom is 0.240 e. The number of sulfonamides is 1. The third-order valence-electron chi connectivity index (χ3n) is 3.74. The van der Waals surface area contributed by atoms with Crippen molar-refractivity contribution in [3.63, 3.8) is 0 Å². The number of likely N-dealkylation sites (N-methyl/N-ethyl adjacent to an activating group) is 1. The van der Waals surface area contributed by atoms with E-state index in [2.05, 4.69) is 26.0 Å². The Labute approximate surface area is 161 Å². The van der Waals surface area contributed by atoms with Gasteiger partial charge in [0.2, 0.25) is 15.9 Å². The number of carbonyl (C=O) groups is 1. The van der Waals surface area contributed by atoms with Gasteiger partial charge in [0.1, 0.15) is 5.76 Å². The number of nitrogens with one attached hydrogen (secondary N) is 2. The molecule has 1 heterocycles. The van der Waals surface area contributed by atoms with Gasteiger partial charge in [0, 0.05) is 24.0 Å². The predicted octanol–water partition coefficient (Wildman–Crippen LogP) is 2.13. The highest BCUT2D eigenvalue weighted by Crippen LogP contribution is 2.18. The topological polar surface area (TPSA) is 91.7 Å². The summed E-state index contributed by atoms with van der Waals surface area (Å²) in [6.07, 6.45) is 1.63. The highest BCUT2D eigenvalue weighted by Gasteiger charge is 2.18. The number of halogens is 1. The molecule has 2 aromatic rings. The van der Waals surface area contributed by atoms with Gasteiger partial charge in [0.25, 0.3) is 0 Å². The molecule has 0 spiro atoms. The average Bonchev–Trinajstić information content (AvgIpc) is 3.08. The summed E-state index contributed by atoms with van der Waals surface area (Å²) in [6, 6.07) is 9.94. The van der Waals surface area contributed by atoms with Gasteiger partial charge in [0.05, 0.1) is 17.2 Å². The van der Waals surface area contributed by atoms with Gasteiger partial charge in [-0.15, -0.1) is 0 Å². The first kappa shape index (κ1) is 20.6. The lowest BCUT2D eigenvalue weighted by Crippen LogP contribution is -2.36. The van der Waals surface area contributed by atoms with Crippen LogP contribution in [0.25, 0.3) is 0 Å². The first-order valence-electron chi connectivity index (χ1n) is 8.01. The number of benzene rings is 1. The smallest absolute Gasteiger partial charge is 0.240 e. The van der Waals surface area contributed by atoms with Gasteiger partial charge in [-0.2, -0.15) is 0 Å². The maximum absolute atomic E-state index is 12.2. The lowest BCUT2D eigenvalue weighted by Gasteiger charge is -2.22. The SMILES string of the molecule is CN(C)C(CNC(=O)CCNS(=O)(=O)c1cccc(Br)c1)c1ccco1. The number of furan rings is 1. The Bertz CT molecular complexity index is 822. The van der Waals surface area contributed by atoms with Gasteiger partial charge in [-0.1, -0.05) is 22.0 Å². The minimum absolute atomic E-state index is 0.0219. The zero-order valence-corrected chi connectivity index (χ0v) is 17.0. The van der Waals surface area contributed by atoms with Crippen molar-refractivity contribution in [3.8, 4) is 0 Å². The molecular weight excluding hydrogens is 422 g/mol. The summed E-state index contributed by atoms with van der Waals surface area (Å²) in [4.78, 5) is 14.1. The Morgan fingerprint density at radius 1 is 1.27 bits per heavy atom. The molecule has 2 rings (SSSR count). The third-order valence-corrected chi connectivity index (χ3v) is 5.69. The molecule has 0 saturated heterocycles. The molecule has 9 heteroatoms. The van der Waals surface area contributed by atoms with E-state index in [1.807, 2.05) is 25.1 Å². The van der Waals surface area contributed by atoms with E-state index in [-0.39, 0.29) is 29.8 Å². The molecule has 0 bridgehead atoms. The second-order valence-corrected chi connectivity index (χ2v) is 8.59. The van der Waals surface area contributed by atoms with Gasteiger partial charge in [-0.25, -0.2) is 13.1 Å². The lowest BCUT2D eigenvalue weighted by molar-refractivity contribution is -0.121. The zero-order valence-electron chi connectivity index (χ0n) is 14.6. The average molecular weight is 444 g/mol. The second kappa shape index (κ2) is 9.31. The fourth-order valence-corrected chi connectivity index (χ4v) is 3.96. The summed E-state index contributed by atoms with van der Waals surface area (Å²) in [7, 11) is 0.147. The molecule has 0 aliphatic heterocycles. The molecule has 0 aliphatic carbocycles. The van der Waals surface area contributed by atoms with E-state index in [0.717, 1.165) is 5.76 Å². The normalized spacial score (nSPS) is 12.9. The van der Waals surface area contributed by atoms with E-state index in [9.17, 15) is 13.2 Å². The Balaban J connectivity index is 1.81. The molecule has 1 amide bonds. The van der Waals surface area contributed by atoms with Crippen molar-refractivity contribution in [2.75, 3.05) is 27.2 Å². The first-order chi connectivity index (χ1) is 12.3. The van der Waals surface area contributed by atoms with E-state index in [0.29, 0.717) is 11.0 Å². The molecular formula is C17H22BrN3O4S. The van der Waals surface area contributed by atoms with Crippen LogP contribution in [0, 0.1) is 0 Å². The summed E-state index contributed by atoms with van der Waals surface area (Å²) in [5.74, 6) is 0.519. The van der Waals surface area contributed by atoms with Crippen molar-refractivity contribution in [1.82, 2.24) is 14.9 Å². The largest absolute Gasteiger partial charge is 0.468 e. The summed E-state index contributed by atoms with van der Waals surface area (Å²) < 4.78 is 32.9. The minimum atomic E-state index is -3.64. The van der Waals surface area contributed by atoms with Crippen molar-refractivity contribution >= 4 is 31.9 Å². The summed E-state index contributed by atoms with van der Waals surface area (Å²) in [5, 5.41) is 2.80. The van der Waals surface area contributed by atoms with Crippen LogP contribution in [0.2, 0.25) is 0 Å². The molecule has 1 unspecified atom stereocenters. The van der Waals surface area contributed by atoms with Crippen LogP contribution in [0.5, 0.6) is 0 Å². The minimum Gasteiger partial charge on any atom is -0.468 e. The van der Waals surface area contributed by atoms with Gasteiger partial charge in [0.15, 0.2) is 0 Å². The molecule has 1 aromatic carbocycles. The molecule has 142 valence electrons. The Morgan fingerprint density at radius 2 is 2.04 bits per heavy atom. The molecule has 0 aliphatic rings. The Morgan fingerprint density at radius 3 is 2.65 bits per heavy atom. The van der Waals surface area contributed by atoms with Crippen LogP contribution in [0.1, 0.15) is 18.2 Å². The number of carbonyl (C=O) groups excluding carboxylic acids is 1. The fraction of sp³-hybridized carbons (Fsp3) is 0.353. The number of hydrogen-bond acceptors (Lipinski definition) is 5. The van der Waals surface area contributed by atoms with Gasteiger partial charge >= 0.3 is 0 Å². The van der Waals surface area contributed by atoms with Crippen LogP contribution in [0.4, 0.5) is 0 Å². The third kappa shape index (κ3) is 5.94. The summed E-state index contributed by atoms with van der Waals surface area (Å²) in [5.41, 5.74) is 0. The van der Waals surface area contributed by atoms with Crippen LogP contribution in [0.3, 0.4) is 0 Å². The molecule has 2 N–H and O–H groups in total. The van der Waals surface area contributed by atoms with Crippen molar-refractivity contribution in [3.05, 3.63) is 52.9 Å². The van der Waals surface area contributed by atoms with E-state index in [1.165, 1.54) is 12.1 Å². The molecule has 1 aromatic heterocycles. The van der Waals surface area contributed by atoms with Crippen LogP contribution >= 0.6 is 15.9 Å². The van der Waals surface area contributed by atoms with Crippen LogP contribution in [0.15, 0.2) is 56.4 Å². The Kier molecular flexibility index (Phi) is 7.39. The van der Waals surface area contributed by atoms with E-state index >= 15 is 0 Å². The van der Waals surface area contributed by atoms with Crippen LogP contribution in [-0.2, 0) is 14.8 Å². The fourth-order valence-electron chi connectivity index (χ4n) is 2.33. The molecule has 0 fully saturated rings. The van der Waals surface area contributed by atoms with E-state index in [4.69, 9.17) is 4.42 Å². The van der Waals surface area contributed by atoms with Crippen LogP contribution in [-0.4, -0.2) is 46.4 Å². The first-order valence-corrected chi connectivity index (χ1v) is 10.3. The monoisotopic (exact) mass is 443 g/mol. The molecule has 0 saturated carbocycles. The lowest BCUT2D eigenvalue weighted by atomic mass is 10.2. The van der Waals surface area contributed by atoms with Crippen molar-refractivity contribution in [2.45, 2.75) is 17.4 Å². The highest BCUT2D eigenvalue weighted by molar-refractivity contribution is 9.10. The van der Waals surface area contributed by atoms with Gasteiger partial charge < -0.3 is 9.73 Å². The molecule has 1 atom stereocenters. The summed E-state index contributed by atoms with van der Waals surface area (Å²) >= 11 is 3.24. The Hall–Kier alpha value is -1.68. The zero-order chi connectivity index (χ0) is 19.2. The van der Waals surface area contributed by atoms with Gasteiger partial charge in [-0.3, -0.25) is 9.69 Å². The standard InChI is InChI=1S/C17H22BrN3O4S/c1-21(2)15(16-7-4-10-25-16)12-19-17(22)8-9-20-26(23,24)14-6-3-5-13(18)11-14/h3-7,10-11,15,20H,8-9,12H2,1-2H3,(H,19,22). The van der Waals surface area contributed by atoms with Crippen molar-refractivity contribution in [2.24, 2.45) is 0 Å². The van der Waals surface area contributed by atoms with Crippen molar-refractivity contribution < 1.29 is 17.6 Å². The molecule has 0 radical (unpaired) electrons. The number of hydrogen-bond donors (Lipinski definition) is 2. The van der Waals surface area contributed by atoms with Crippen molar-refractivity contribution in [1.29, 1.82) is 0 Å². The quantitative estimate of drug-likeness (QED) is 0.619. The second-order valence-electron chi connectivity index (χ2n) is 5.90. The number of amides is 1. The molecule has 26 heavy (non-hydrogen) atoms. The summed E-state index contributed by atoms with van der Waals surface area (Å²) in [6.45, 7) is 0.395. The molecule has 7 nitrogen and oxygen atoms in total. The number of nitrogens with zero attached hydrogens (tertiary/aromatic N) is 1. The van der Waals surface area contributed by atoms with E-state index in [1.54, 1.807) is 24.5 Å². The van der Waals surface area contributed by atoms with Gasteiger partial charge in [-0.05, 0) is 44.4 Å².